The number of fused-ring (bicyclic) bond motifs is 1. The van der Waals surface area contributed by atoms with Gasteiger partial charge in [-0.2, -0.15) is 5.10 Å². The van der Waals surface area contributed by atoms with Crippen LogP contribution < -0.4 is 5.32 Å². The van der Waals surface area contributed by atoms with Crippen LogP contribution in [0.2, 0.25) is 0 Å². The Labute approximate surface area is 186 Å². The summed E-state index contributed by atoms with van der Waals surface area (Å²) in [6.45, 7) is 5.35. The standard InChI is InChI=1S/C24H26N6O2/c1-2-29-10-4-7-18(29)14-26-24(31)20-12-22(17-6-3-9-25-13-17)28-23-21(20)15-27-30(23)16-19-8-5-11-32-19/h3,5-6,8-9,11-13,15,18H,2,4,7,10,14,16H2,1H3,(H,26,31). The molecule has 1 unspecified atom stereocenters. The highest BCUT2D eigenvalue weighted by Crippen LogP contribution is 2.25. The monoisotopic (exact) mass is 430 g/mol. The zero-order chi connectivity index (χ0) is 21.9. The van der Waals surface area contributed by atoms with Crippen LogP contribution >= 0.6 is 0 Å². The van der Waals surface area contributed by atoms with Crippen molar-refractivity contribution in [3.63, 3.8) is 0 Å². The topological polar surface area (TPSA) is 89.1 Å². The number of nitrogens with one attached hydrogen (secondary N) is 1. The lowest BCUT2D eigenvalue weighted by Gasteiger charge is -2.23. The average molecular weight is 431 g/mol. The van der Waals surface area contributed by atoms with Crippen molar-refractivity contribution in [2.45, 2.75) is 32.4 Å². The first-order chi connectivity index (χ1) is 15.7. The Kier molecular flexibility index (Phi) is 5.68. The van der Waals surface area contributed by atoms with Crippen LogP contribution in [-0.4, -0.2) is 56.2 Å². The zero-order valence-corrected chi connectivity index (χ0v) is 18.1. The molecule has 0 aliphatic carbocycles. The highest BCUT2D eigenvalue weighted by Gasteiger charge is 2.24. The lowest BCUT2D eigenvalue weighted by Crippen LogP contribution is -2.40. The maximum Gasteiger partial charge on any atom is 0.252 e. The summed E-state index contributed by atoms with van der Waals surface area (Å²) < 4.78 is 7.25. The number of rotatable bonds is 7. The van der Waals surface area contributed by atoms with Crippen molar-refractivity contribution in [1.82, 2.24) is 30.0 Å². The normalized spacial score (nSPS) is 16.6. The molecule has 4 aromatic heterocycles. The van der Waals surface area contributed by atoms with Crippen molar-refractivity contribution in [3.8, 4) is 11.3 Å². The van der Waals surface area contributed by atoms with E-state index < -0.39 is 0 Å². The number of hydrogen-bond donors (Lipinski definition) is 1. The Morgan fingerprint density at radius 3 is 3.00 bits per heavy atom. The number of hydrogen-bond acceptors (Lipinski definition) is 6. The van der Waals surface area contributed by atoms with Gasteiger partial charge < -0.3 is 9.73 Å². The van der Waals surface area contributed by atoms with Crippen molar-refractivity contribution in [2.24, 2.45) is 0 Å². The summed E-state index contributed by atoms with van der Waals surface area (Å²) in [6.07, 6.45) is 9.11. The van der Waals surface area contributed by atoms with Crippen molar-refractivity contribution >= 4 is 16.9 Å². The number of amides is 1. The van der Waals surface area contributed by atoms with Crippen LogP contribution in [0.15, 0.2) is 59.6 Å². The van der Waals surface area contributed by atoms with Crippen LogP contribution in [0.25, 0.3) is 22.3 Å². The van der Waals surface area contributed by atoms with E-state index in [1.54, 1.807) is 29.5 Å². The third-order valence-corrected chi connectivity index (χ3v) is 6.10. The minimum Gasteiger partial charge on any atom is -0.467 e. The second kappa shape index (κ2) is 8.92. The predicted molar refractivity (Wildman–Crippen MR) is 121 cm³/mol. The van der Waals surface area contributed by atoms with E-state index in [4.69, 9.17) is 9.40 Å². The predicted octanol–water partition coefficient (Wildman–Crippen LogP) is 3.35. The number of carbonyl (C=O) groups is 1. The fraction of sp³-hybridized carbons (Fsp3) is 0.333. The van der Waals surface area contributed by atoms with Gasteiger partial charge >= 0.3 is 0 Å². The summed E-state index contributed by atoms with van der Waals surface area (Å²) in [6, 6.07) is 9.76. The molecule has 8 nitrogen and oxygen atoms in total. The number of carbonyl (C=O) groups excluding carboxylic acids is 1. The van der Waals surface area contributed by atoms with E-state index in [1.807, 2.05) is 30.3 Å². The number of likely N-dealkylation sites (N-methyl/N-ethyl adjacent to an activating group) is 1. The smallest absolute Gasteiger partial charge is 0.252 e. The number of likely N-dealkylation sites (tertiary alicyclic amines) is 1. The van der Waals surface area contributed by atoms with Crippen LogP contribution in [0.1, 0.15) is 35.9 Å². The highest BCUT2D eigenvalue weighted by atomic mass is 16.3. The fourth-order valence-electron chi connectivity index (χ4n) is 4.41. The minimum absolute atomic E-state index is 0.108. The number of pyridine rings is 2. The van der Waals surface area contributed by atoms with E-state index in [-0.39, 0.29) is 5.91 Å². The van der Waals surface area contributed by atoms with Gasteiger partial charge in [0.2, 0.25) is 0 Å². The first-order valence-corrected chi connectivity index (χ1v) is 11.0. The Hall–Kier alpha value is -3.52. The van der Waals surface area contributed by atoms with Gasteiger partial charge in [-0.15, -0.1) is 0 Å². The molecule has 4 aromatic rings. The zero-order valence-electron chi connectivity index (χ0n) is 18.1. The molecule has 164 valence electrons. The molecule has 0 aromatic carbocycles. The van der Waals surface area contributed by atoms with Crippen molar-refractivity contribution in [3.05, 3.63) is 66.5 Å². The first kappa shape index (κ1) is 20.4. The highest BCUT2D eigenvalue weighted by molar-refractivity contribution is 6.06. The van der Waals surface area contributed by atoms with Gasteiger partial charge in [0.25, 0.3) is 5.91 Å². The quantitative estimate of drug-likeness (QED) is 0.484. The molecule has 1 amide bonds. The van der Waals surface area contributed by atoms with Gasteiger partial charge in [-0.3, -0.25) is 14.7 Å². The minimum atomic E-state index is -0.108. The lowest BCUT2D eigenvalue weighted by molar-refractivity contribution is 0.0943. The van der Waals surface area contributed by atoms with Crippen LogP contribution in [0, 0.1) is 0 Å². The maximum atomic E-state index is 13.3. The van der Waals surface area contributed by atoms with Crippen LogP contribution in [0.3, 0.4) is 0 Å². The Bertz CT molecular complexity index is 1200. The second-order valence-electron chi connectivity index (χ2n) is 8.05. The largest absolute Gasteiger partial charge is 0.467 e. The van der Waals surface area contributed by atoms with Gasteiger partial charge in [0.05, 0.1) is 29.1 Å². The maximum absolute atomic E-state index is 13.3. The Balaban J connectivity index is 1.50. The molecule has 5 rings (SSSR count). The second-order valence-corrected chi connectivity index (χ2v) is 8.05. The fourth-order valence-corrected chi connectivity index (χ4v) is 4.41. The van der Waals surface area contributed by atoms with E-state index in [0.717, 1.165) is 36.2 Å². The van der Waals surface area contributed by atoms with Gasteiger partial charge in [0.15, 0.2) is 5.65 Å². The molecule has 1 aliphatic heterocycles. The third kappa shape index (κ3) is 4.01. The summed E-state index contributed by atoms with van der Waals surface area (Å²) >= 11 is 0. The molecule has 0 spiro atoms. The van der Waals surface area contributed by atoms with Gasteiger partial charge in [-0.25, -0.2) is 9.67 Å². The van der Waals surface area contributed by atoms with Gasteiger partial charge in [0.1, 0.15) is 12.3 Å². The molecule has 0 radical (unpaired) electrons. The summed E-state index contributed by atoms with van der Waals surface area (Å²) in [7, 11) is 0. The molecular weight excluding hydrogens is 404 g/mol. The number of furan rings is 1. The van der Waals surface area contributed by atoms with Gasteiger partial charge in [0, 0.05) is 30.5 Å². The van der Waals surface area contributed by atoms with Crippen molar-refractivity contribution < 1.29 is 9.21 Å². The molecule has 1 saturated heterocycles. The lowest BCUT2D eigenvalue weighted by atomic mass is 10.1. The Morgan fingerprint density at radius 2 is 2.22 bits per heavy atom. The van der Waals surface area contributed by atoms with E-state index in [2.05, 4.69) is 27.2 Å². The number of nitrogens with zero attached hydrogens (tertiary/aromatic N) is 5. The third-order valence-electron chi connectivity index (χ3n) is 6.10. The van der Waals surface area contributed by atoms with E-state index in [1.165, 1.54) is 6.42 Å². The molecule has 1 atom stereocenters. The molecule has 1 aliphatic rings. The van der Waals surface area contributed by atoms with Crippen molar-refractivity contribution in [2.75, 3.05) is 19.6 Å². The van der Waals surface area contributed by atoms with Crippen molar-refractivity contribution in [1.29, 1.82) is 0 Å². The molecule has 0 saturated carbocycles. The molecular formula is C24H26N6O2. The van der Waals surface area contributed by atoms with E-state index >= 15 is 0 Å². The van der Waals surface area contributed by atoms with Crippen LogP contribution in [0.4, 0.5) is 0 Å². The summed E-state index contributed by atoms with van der Waals surface area (Å²) in [5.41, 5.74) is 2.75. The molecule has 1 N–H and O–H groups in total. The molecule has 8 heteroatoms. The Morgan fingerprint density at radius 1 is 1.28 bits per heavy atom. The van der Waals surface area contributed by atoms with E-state index in [0.29, 0.717) is 36.0 Å². The summed E-state index contributed by atoms with van der Waals surface area (Å²) in [5, 5.41) is 8.38. The molecule has 32 heavy (non-hydrogen) atoms. The average Bonchev–Trinajstić information content (AvgIpc) is 3.59. The van der Waals surface area contributed by atoms with Gasteiger partial charge in [-0.05, 0) is 56.3 Å². The SMILES string of the molecule is CCN1CCCC1CNC(=O)c1cc(-c2cccnc2)nc2c1cnn2Cc1ccco1. The molecule has 1 fully saturated rings. The summed E-state index contributed by atoms with van der Waals surface area (Å²) in [5.74, 6) is 0.665. The van der Waals surface area contributed by atoms with E-state index in [9.17, 15) is 4.79 Å². The first-order valence-electron chi connectivity index (χ1n) is 11.0. The molecule has 0 bridgehead atoms. The number of aromatic nitrogens is 4. The van der Waals surface area contributed by atoms with Crippen LogP contribution in [0.5, 0.6) is 0 Å². The van der Waals surface area contributed by atoms with Gasteiger partial charge in [-0.1, -0.05) is 6.92 Å². The van der Waals surface area contributed by atoms with Crippen LogP contribution in [-0.2, 0) is 6.54 Å². The summed E-state index contributed by atoms with van der Waals surface area (Å²) in [4.78, 5) is 24.7. The molecule has 5 heterocycles.